The molecule has 0 spiro atoms. The molecule has 4 atom stereocenters. The van der Waals surface area contributed by atoms with Crippen LogP contribution in [0.4, 0.5) is 0 Å². The van der Waals surface area contributed by atoms with Crippen LogP contribution in [0.15, 0.2) is 24.5 Å². The van der Waals surface area contributed by atoms with Crippen LogP contribution in [0.2, 0.25) is 0 Å². The Labute approximate surface area is 170 Å². The van der Waals surface area contributed by atoms with E-state index in [0.717, 1.165) is 6.54 Å². The van der Waals surface area contributed by atoms with E-state index in [1.807, 2.05) is 0 Å². The fourth-order valence-corrected chi connectivity index (χ4v) is 4.09. The Kier molecular flexibility index (Phi) is 6.42. The average Bonchev–Trinajstić information content (AvgIpc) is 3.54. The number of pyridine rings is 1. The van der Waals surface area contributed by atoms with Gasteiger partial charge in [-0.3, -0.25) is 14.6 Å². The summed E-state index contributed by atoms with van der Waals surface area (Å²) in [5.74, 6) is 0.497. The monoisotopic (exact) mass is 403 g/mol. The number of amides is 2. The summed E-state index contributed by atoms with van der Waals surface area (Å²) in [7, 11) is 0. The first kappa shape index (κ1) is 20.3. The van der Waals surface area contributed by atoms with Gasteiger partial charge in [0.2, 0.25) is 5.91 Å². The minimum absolute atomic E-state index is 0.0193. The zero-order valence-corrected chi connectivity index (χ0v) is 16.5. The molecule has 2 aliphatic heterocycles. The van der Waals surface area contributed by atoms with E-state index in [1.54, 1.807) is 23.2 Å². The number of carbonyl (C=O) groups excluding carboxylic acids is 2. The summed E-state index contributed by atoms with van der Waals surface area (Å²) in [5, 5.41) is 13.2. The number of rotatable bonds is 5. The van der Waals surface area contributed by atoms with Crippen LogP contribution in [0, 0.1) is 5.92 Å². The third-order valence-corrected chi connectivity index (χ3v) is 5.85. The van der Waals surface area contributed by atoms with Gasteiger partial charge in [-0.2, -0.15) is 0 Å². The van der Waals surface area contributed by atoms with Crippen molar-refractivity contribution in [3.63, 3.8) is 0 Å². The maximum absolute atomic E-state index is 13.1. The smallest absolute Gasteiger partial charge is 0.255 e. The van der Waals surface area contributed by atoms with Crippen molar-refractivity contribution in [1.82, 2.24) is 15.2 Å². The maximum atomic E-state index is 13.1. The lowest BCUT2D eigenvalue weighted by Crippen LogP contribution is -2.57. The summed E-state index contributed by atoms with van der Waals surface area (Å²) in [5.41, 5.74) is 0.488. The summed E-state index contributed by atoms with van der Waals surface area (Å²) < 4.78 is 11.8. The third kappa shape index (κ3) is 5.32. The number of aromatic nitrogens is 1. The Morgan fingerprint density at radius 2 is 2.10 bits per heavy atom. The molecule has 1 aromatic rings. The van der Waals surface area contributed by atoms with E-state index < -0.39 is 6.10 Å². The molecule has 0 radical (unpaired) electrons. The lowest BCUT2D eigenvalue weighted by atomic mass is 9.94. The zero-order chi connectivity index (χ0) is 20.2. The summed E-state index contributed by atoms with van der Waals surface area (Å²) in [6, 6.07) is 3.24. The molecule has 2 amide bonds. The zero-order valence-electron chi connectivity index (χ0n) is 16.5. The van der Waals surface area contributed by atoms with Gasteiger partial charge in [-0.15, -0.1) is 0 Å². The molecule has 29 heavy (non-hydrogen) atoms. The van der Waals surface area contributed by atoms with Crippen LogP contribution in [-0.2, 0) is 14.3 Å². The minimum atomic E-state index is -0.748. The molecule has 4 rings (SSSR count). The minimum Gasteiger partial charge on any atom is -0.389 e. The molecule has 3 fully saturated rings. The van der Waals surface area contributed by atoms with Crippen molar-refractivity contribution in [2.24, 2.45) is 5.92 Å². The lowest BCUT2D eigenvalue weighted by Gasteiger charge is -2.44. The van der Waals surface area contributed by atoms with Crippen molar-refractivity contribution >= 4 is 11.8 Å². The fourth-order valence-electron chi connectivity index (χ4n) is 4.09. The molecular weight excluding hydrogens is 374 g/mol. The molecule has 3 heterocycles. The predicted molar refractivity (Wildman–Crippen MR) is 104 cm³/mol. The van der Waals surface area contributed by atoms with Gasteiger partial charge < -0.3 is 24.8 Å². The second-order valence-electron chi connectivity index (χ2n) is 8.28. The second-order valence-corrected chi connectivity index (χ2v) is 8.28. The largest absolute Gasteiger partial charge is 0.389 e. The molecule has 1 saturated carbocycles. The predicted octanol–water partition coefficient (Wildman–Crippen LogP) is 0.747. The molecule has 1 aliphatic carbocycles. The highest BCUT2D eigenvalue weighted by molar-refractivity contribution is 5.94. The Morgan fingerprint density at radius 3 is 2.86 bits per heavy atom. The van der Waals surface area contributed by atoms with E-state index in [1.165, 1.54) is 19.0 Å². The van der Waals surface area contributed by atoms with Crippen LogP contribution in [0.1, 0.15) is 42.5 Å². The Morgan fingerprint density at radius 1 is 1.24 bits per heavy atom. The first-order valence-electron chi connectivity index (χ1n) is 10.5. The molecule has 1 aromatic heterocycles. The number of ether oxygens (including phenoxy) is 2. The Hall–Kier alpha value is -2.03. The molecule has 0 aromatic carbocycles. The van der Waals surface area contributed by atoms with Crippen molar-refractivity contribution in [3.8, 4) is 0 Å². The molecule has 0 bridgehead atoms. The molecule has 3 aliphatic rings. The van der Waals surface area contributed by atoms with E-state index >= 15 is 0 Å². The highest BCUT2D eigenvalue weighted by atomic mass is 16.5. The summed E-state index contributed by atoms with van der Waals surface area (Å²) in [4.78, 5) is 31.0. The summed E-state index contributed by atoms with van der Waals surface area (Å²) >= 11 is 0. The van der Waals surface area contributed by atoms with Crippen LogP contribution in [0.25, 0.3) is 0 Å². The van der Waals surface area contributed by atoms with Gasteiger partial charge in [-0.25, -0.2) is 0 Å². The second kappa shape index (κ2) is 9.19. The van der Waals surface area contributed by atoms with E-state index in [4.69, 9.17) is 9.47 Å². The highest BCUT2D eigenvalue weighted by Gasteiger charge is 2.40. The number of aliphatic hydroxyl groups excluding tert-OH is 1. The number of nitrogens with zero attached hydrogens (tertiary/aromatic N) is 2. The third-order valence-electron chi connectivity index (χ3n) is 5.85. The number of carbonyl (C=O) groups is 2. The average molecular weight is 403 g/mol. The van der Waals surface area contributed by atoms with Gasteiger partial charge in [0.05, 0.1) is 43.4 Å². The van der Waals surface area contributed by atoms with Crippen LogP contribution < -0.4 is 5.32 Å². The van der Waals surface area contributed by atoms with Crippen molar-refractivity contribution < 1.29 is 24.2 Å². The van der Waals surface area contributed by atoms with Crippen LogP contribution in [-0.4, -0.2) is 77.5 Å². The standard InChI is InChI=1S/C21H29N3O5/c25-16-11-24(21(27)15-2-1-7-22-10-15)18-6-5-17(29-19(18)13-28-12-16)8-20(26)23-9-14-3-4-14/h1-2,7,10,14,16-19,25H,3-6,8-9,11-13H2,(H,23,26)/t16-,17-,18-,19+/m1/s1. The quantitative estimate of drug-likeness (QED) is 0.752. The van der Waals surface area contributed by atoms with Gasteiger partial charge in [-0.1, -0.05) is 0 Å². The molecule has 2 saturated heterocycles. The molecule has 2 N–H and O–H groups in total. The first-order chi connectivity index (χ1) is 14.1. The Bertz CT molecular complexity index is 712. The number of hydrogen-bond donors (Lipinski definition) is 2. The first-order valence-corrected chi connectivity index (χ1v) is 10.5. The fraction of sp³-hybridized carbons (Fsp3) is 0.667. The van der Waals surface area contributed by atoms with Gasteiger partial charge in [0.15, 0.2) is 0 Å². The van der Waals surface area contributed by atoms with Gasteiger partial charge in [0.25, 0.3) is 5.91 Å². The maximum Gasteiger partial charge on any atom is 0.255 e. The van der Waals surface area contributed by atoms with Gasteiger partial charge in [0.1, 0.15) is 6.10 Å². The van der Waals surface area contributed by atoms with E-state index in [-0.39, 0.29) is 43.2 Å². The van der Waals surface area contributed by atoms with Crippen molar-refractivity contribution in [1.29, 1.82) is 0 Å². The van der Waals surface area contributed by atoms with Crippen molar-refractivity contribution in [3.05, 3.63) is 30.1 Å². The lowest BCUT2D eigenvalue weighted by molar-refractivity contribution is -0.150. The van der Waals surface area contributed by atoms with Gasteiger partial charge in [0, 0.05) is 25.5 Å². The number of hydrogen-bond acceptors (Lipinski definition) is 6. The normalized spacial score (nSPS) is 30.0. The van der Waals surface area contributed by atoms with E-state index in [0.29, 0.717) is 37.4 Å². The molecule has 8 heteroatoms. The van der Waals surface area contributed by atoms with Crippen LogP contribution >= 0.6 is 0 Å². The van der Waals surface area contributed by atoms with Crippen LogP contribution in [0.3, 0.4) is 0 Å². The Balaban J connectivity index is 1.41. The number of aliphatic hydroxyl groups is 1. The SMILES string of the molecule is O=C(C[C@H]1CC[C@@H]2[C@H](COC[C@H](O)CN2C(=O)c2cccnc2)O1)NCC1CC1. The molecule has 158 valence electrons. The summed E-state index contributed by atoms with van der Waals surface area (Å²) in [6.07, 6.45) is 6.03. The van der Waals surface area contributed by atoms with Crippen molar-refractivity contribution in [2.45, 2.75) is 56.5 Å². The van der Waals surface area contributed by atoms with E-state index in [2.05, 4.69) is 10.3 Å². The topological polar surface area (TPSA) is 101 Å². The molecular formula is C21H29N3O5. The number of β-amino-alcohol motifs (C(OH)–C–C–N with tert-alkyl or cyclic N) is 1. The van der Waals surface area contributed by atoms with Crippen LogP contribution in [0.5, 0.6) is 0 Å². The number of fused-ring (bicyclic) bond motifs is 1. The molecule has 0 unspecified atom stereocenters. The van der Waals surface area contributed by atoms with Gasteiger partial charge >= 0.3 is 0 Å². The van der Waals surface area contributed by atoms with Crippen molar-refractivity contribution in [2.75, 3.05) is 26.3 Å². The summed E-state index contributed by atoms with van der Waals surface area (Å²) in [6.45, 7) is 1.38. The molecule has 8 nitrogen and oxygen atoms in total. The van der Waals surface area contributed by atoms with E-state index in [9.17, 15) is 14.7 Å². The highest BCUT2D eigenvalue weighted by Crippen LogP contribution is 2.29. The number of nitrogens with one attached hydrogen (secondary N) is 1. The van der Waals surface area contributed by atoms with Gasteiger partial charge in [-0.05, 0) is 43.7 Å².